The number of nitrogens with zero attached hydrogens (tertiary/aromatic N) is 1. The third-order valence-electron chi connectivity index (χ3n) is 4.32. The Labute approximate surface area is 129 Å². The lowest BCUT2D eigenvalue weighted by Crippen LogP contribution is -2.43. The second-order valence-corrected chi connectivity index (χ2v) is 6.28. The molecule has 1 aliphatic heterocycles. The van der Waals surface area contributed by atoms with Crippen molar-refractivity contribution in [2.45, 2.75) is 39.0 Å². The van der Waals surface area contributed by atoms with Crippen molar-refractivity contribution in [2.75, 3.05) is 39.8 Å². The van der Waals surface area contributed by atoms with Crippen LogP contribution in [0.25, 0.3) is 0 Å². The Kier molecular flexibility index (Phi) is 6.52. The second-order valence-electron chi connectivity index (χ2n) is 6.28. The molecule has 0 saturated carbocycles. The maximum absolute atomic E-state index is 5.45. The molecular weight excluding hydrogens is 260 g/mol. The van der Waals surface area contributed by atoms with Gasteiger partial charge in [-0.25, -0.2) is 0 Å². The number of rotatable bonds is 7. The molecule has 1 heterocycles. The molecule has 1 aromatic rings. The fourth-order valence-electron chi connectivity index (χ4n) is 2.99. The van der Waals surface area contributed by atoms with Crippen molar-refractivity contribution in [1.29, 1.82) is 0 Å². The van der Waals surface area contributed by atoms with Crippen LogP contribution in [-0.2, 0) is 6.42 Å². The van der Waals surface area contributed by atoms with Crippen molar-refractivity contribution < 1.29 is 4.74 Å². The van der Waals surface area contributed by atoms with Crippen LogP contribution in [0, 0.1) is 0 Å². The minimum Gasteiger partial charge on any atom is -0.496 e. The number of piperazine rings is 1. The molecule has 1 fully saturated rings. The second kappa shape index (κ2) is 8.40. The molecule has 0 bridgehead atoms. The molecule has 3 nitrogen and oxygen atoms in total. The van der Waals surface area contributed by atoms with Crippen LogP contribution >= 0.6 is 0 Å². The molecule has 1 N–H and O–H groups in total. The molecule has 1 aliphatic rings. The minimum absolute atomic E-state index is 0.515. The van der Waals surface area contributed by atoms with Crippen molar-refractivity contribution >= 4 is 0 Å². The van der Waals surface area contributed by atoms with E-state index in [1.165, 1.54) is 50.0 Å². The van der Waals surface area contributed by atoms with Crippen LogP contribution in [0.3, 0.4) is 0 Å². The Balaban J connectivity index is 1.78. The molecule has 2 rings (SSSR count). The van der Waals surface area contributed by atoms with E-state index in [0.717, 1.165) is 18.8 Å². The van der Waals surface area contributed by atoms with Crippen LogP contribution in [0.4, 0.5) is 0 Å². The number of aryl methyl sites for hydroxylation is 1. The molecule has 118 valence electrons. The van der Waals surface area contributed by atoms with Crippen LogP contribution in [0.2, 0.25) is 0 Å². The first-order valence-electron chi connectivity index (χ1n) is 8.30. The predicted octanol–water partition coefficient (Wildman–Crippen LogP) is 3.05. The Morgan fingerprint density at radius 3 is 2.62 bits per heavy atom. The smallest absolute Gasteiger partial charge is 0.122 e. The van der Waals surface area contributed by atoms with Gasteiger partial charge in [-0.15, -0.1) is 0 Å². The van der Waals surface area contributed by atoms with E-state index in [0.29, 0.717) is 5.92 Å². The highest BCUT2D eigenvalue weighted by Gasteiger charge is 2.10. The maximum atomic E-state index is 5.45. The lowest BCUT2D eigenvalue weighted by molar-refractivity contribution is 0.237. The summed E-state index contributed by atoms with van der Waals surface area (Å²) in [5.41, 5.74) is 2.77. The number of benzene rings is 1. The summed E-state index contributed by atoms with van der Waals surface area (Å²) < 4.78 is 5.45. The molecule has 0 amide bonds. The van der Waals surface area contributed by atoms with Gasteiger partial charge in [0.1, 0.15) is 5.75 Å². The zero-order valence-corrected chi connectivity index (χ0v) is 13.8. The highest BCUT2D eigenvalue weighted by atomic mass is 16.5. The van der Waals surface area contributed by atoms with Gasteiger partial charge in [0, 0.05) is 26.2 Å². The van der Waals surface area contributed by atoms with Crippen molar-refractivity contribution in [3.8, 4) is 5.75 Å². The predicted molar refractivity (Wildman–Crippen MR) is 89.3 cm³/mol. The monoisotopic (exact) mass is 290 g/mol. The fraction of sp³-hybridized carbons (Fsp3) is 0.667. The van der Waals surface area contributed by atoms with Crippen LogP contribution in [0.1, 0.15) is 43.7 Å². The molecule has 0 aromatic heterocycles. The third kappa shape index (κ3) is 5.01. The minimum atomic E-state index is 0.515. The molecular formula is C18H30N2O. The van der Waals surface area contributed by atoms with Gasteiger partial charge in [-0.3, -0.25) is 0 Å². The molecule has 1 aromatic carbocycles. The number of methoxy groups -OCH3 is 1. The summed E-state index contributed by atoms with van der Waals surface area (Å²) in [5.74, 6) is 1.54. The van der Waals surface area contributed by atoms with Crippen LogP contribution in [0.15, 0.2) is 18.2 Å². The fourth-order valence-corrected chi connectivity index (χ4v) is 2.99. The first-order chi connectivity index (χ1) is 10.2. The summed E-state index contributed by atoms with van der Waals surface area (Å²) in [6.07, 6.45) is 3.74. The first-order valence-corrected chi connectivity index (χ1v) is 8.30. The van der Waals surface area contributed by atoms with E-state index in [2.05, 4.69) is 42.3 Å². The van der Waals surface area contributed by atoms with Crippen molar-refractivity contribution in [1.82, 2.24) is 10.2 Å². The molecule has 0 radical (unpaired) electrons. The van der Waals surface area contributed by atoms with E-state index in [1.807, 2.05) is 0 Å². The van der Waals surface area contributed by atoms with E-state index in [1.54, 1.807) is 7.11 Å². The van der Waals surface area contributed by atoms with Gasteiger partial charge in [0.15, 0.2) is 0 Å². The van der Waals surface area contributed by atoms with Crippen molar-refractivity contribution in [3.05, 3.63) is 29.3 Å². The number of nitrogens with one attached hydrogen (secondary N) is 1. The van der Waals surface area contributed by atoms with Gasteiger partial charge in [0.05, 0.1) is 7.11 Å². The Morgan fingerprint density at radius 2 is 1.95 bits per heavy atom. The number of hydrogen-bond acceptors (Lipinski definition) is 3. The van der Waals surface area contributed by atoms with Gasteiger partial charge in [0.25, 0.3) is 0 Å². The molecule has 0 unspecified atom stereocenters. The summed E-state index contributed by atoms with van der Waals surface area (Å²) in [6.45, 7) is 10.4. The molecule has 0 aliphatic carbocycles. The highest BCUT2D eigenvalue weighted by Crippen LogP contribution is 2.27. The van der Waals surface area contributed by atoms with Gasteiger partial charge in [-0.1, -0.05) is 26.0 Å². The molecule has 21 heavy (non-hydrogen) atoms. The lowest BCUT2D eigenvalue weighted by Gasteiger charge is -2.27. The van der Waals surface area contributed by atoms with Gasteiger partial charge < -0.3 is 15.0 Å². The van der Waals surface area contributed by atoms with Gasteiger partial charge >= 0.3 is 0 Å². The van der Waals surface area contributed by atoms with E-state index < -0.39 is 0 Å². The van der Waals surface area contributed by atoms with E-state index in [4.69, 9.17) is 4.74 Å². The number of hydrogen-bond donors (Lipinski definition) is 1. The summed E-state index contributed by atoms with van der Waals surface area (Å²) >= 11 is 0. The zero-order valence-electron chi connectivity index (χ0n) is 13.8. The Hall–Kier alpha value is -1.06. The van der Waals surface area contributed by atoms with Crippen LogP contribution in [0.5, 0.6) is 5.75 Å². The van der Waals surface area contributed by atoms with E-state index in [9.17, 15) is 0 Å². The van der Waals surface area contributed by atoms with E-state index in [-0.39, 0.29) is 0 Å². The Morgan fingerprint density at radius 1 is 1.19 bits per heavy atom. The molecule has 3 heteroatoms. The maximum Gasteiger partial charge on any atom is 0.122 e. The average Bonchev–Trinajstić information content (AvgIpc) is 2.52. The summed E-state index contributed by atoms with van der Waals surface area (Å²) in [7, 11) is 1.76. The third-order valence-corrected chi connectivity index (χ3v) is 4.32. The topological polar surface area (TPSA) is 24.5 Å². The average molecular weight is 290 g/mol. The normalized spacial score (nSPS) is 16.4. The summed E-state index contributed by atoms with van der Waals surface area (Å²) in [5, 5.41) is 3.41. The standard InChI is InChI=1S/C18H30N2O/c1-15(2)17-14-16(7-8-18(17)21-3)6-4-5-11-20-12-9-19-10-13-20/h7-8,14-15,19H,4-6,9-13H2,1-3H3. The van der Waals surface area contributed by atoms with Crippen LogP contribution < -0.4 is 10.1 Å². The van der Waals surface area contributed by atoms with Gasteiger partial charge in [-0.2, -0.15) is 0 Å². The lowest BCUT2D eigenvalue weighted by atomic mass is 9.97. The highest BCUT2D eigenvalue weighted by molar-refractivity contribution is 5.39. The first kappa shape index (κ1) is 16.3. The molecule has 0 spiro atoms. The van der Waals surface area contributed by atoms with Gasteiger partial charge in [-0.05, 0) is 48.9 Å². The summed E-state index contributed by atoms with van der Waals surface area (Å²) in [4.78, 5) is 2.57. The van der Waals surface area contributed by atoms with Crippen molar-refractivity contribution in [2.24, 2.45) is 0 Å². The number of ether oxygens (including phenoxy) is 1. The molecule has 0 atom stereocenters. The summed E-state index contributed by atoms with van der Waals surface area (Å²) in [6, 6.07) is 6.67. The Bertz CT molecular complexity index is 425. The molecule has 1 saturated heterocycles. The largest absolute Gasteiger partial charge is 0.496 e. The quantitative estimate of drug-likeness (QED) is 0.781. The van der Waals surface area contributed by atoms with Gasteiger partial charge in [0.2, 0.25) is 0 Å². The van der Waals surface area contributed by atoms with Crippen LogP contribution in [-0.4, -0.2) is 44.7 Å². The number of unbranched alkanes of at least 4 members (excludes halogenated alkanes) is 1. The van der Waals surface area contributed by atoms with E-state index >= 15 is 0 Å². The van der Waals surface area contributed by atoms with Crippen molar-refractivity contribution in [3.63, 3.8) is 0 Å². The zero-order chi connectivity index (χ0) is 15.1. The SMILES string of the molecule is COc1ccc(CCCCN2CCNCC2)cc1C(C)C.